The van der Waals surface area contributed by atoms with Crippen LogP contribution in [0.15, 0.2) is 156 Å². The molecule has 1 unspecified atom stereocenters. The Morgan fingerprint density at radius 3 is 2.06 bits per heavy atom. The fourth-order valence-corrected chi connectivity index (χ4v) is 8.89. The van der Waals surface area contributed by atoms with Crippen LogP contribution < -0.4 is 0 Å². The van der Waals surface area contributed by atoms with E-state index in [1.807, 2.05) is 60.7 Å². The standard InChI is InChI=1S/C48H34N4O/c1-48(2)37-20-11-9-18-32(37)35-28-41-36(27-38(35)48)33-19-10-12-21-39(33)52(41)40-22-13-23-42-44(40)34-25-24-31(26-43(34)53-42)47-50-45(29-14-5-3-6-15-29)49-46(51-47)30-16-7-4-8-17-30/h3-19,21-28,37H,20H2,1-2H3. The van der Waals surface area contributed by atoms with E-state index >= 15 is 0 Å². The minimum Gasteiger partial charge on any atom is -0.456 e. The highest BCUT2D eigenvalue weighted by atomic mass is 16.3. The van der Waals surface area contributed by atoms with Crippen molar-refractivity contribution in [1.82, 2.24) is 19.5 Å². The third-order valence-corrected chi connectivity index (χ3v) is 11.5. The van der Waals surface area contributed by atoms with Crippen molar-refractivity contribution < 1.29 is 4.42 Å². The monoisotopic (exact) mass is 682 g/mol. The SMILES string of the molecule is CC1(C)c2cc3c4ccccc4n(-c4cccc5oc6cc(-c7nc(-c8ccccc8)nc(-c8ccccc8)n7)ccc6c45)c3cc2C2=CC=CCC21. The van der Waals surface area contributed by atoms with Gasteiger partial charge in [-0.15, -0.1) is 0 Å². The molecule has 53 heavy (non-hydrogen) atoms. The van der Waals surface area contributed by atoms with Crippen LogP contribution in [0.2, 0.25) is 0 Å². The van der Waals surface area contributed by atoms with Gasteiger partial charge in [-0.2, -0.15) is 0 Å². The molecule has 0 saturated carbocycles. The van der Waals surface area contributed by atoms with Gasteiger partial charge in [-0.25, -0.2) is 15.0 Å². The maximum Gasteiger partial charge on any atom is 0.164 e. The van der Waals surface area contributed by atoms with Crippen molar-refractivity contribution in [2.24, 2.45) is 5.92 Å². The van der Waals surface area contributed by atoms with Gasteiger partial charge in [0.05, 0.1) is 22.1 Å². The molecule has 0 aliphatic heterocycles. The number of benzene rings is 6. The highest BCUT2D eigenvalue weighted by Gasteiger charge is 2.43. The number of para-hydroxylation sites is 1. The summed E-state index contributed by atoms with van der Waals surface area (Å²) in [5.74, 6) is 2.36. The molecule has 11 rings (SSSR count). The normalized spacial score (nSPS) is 16.0. The smallest absolute Gasteiger partial charge is 0.164 e. The van der Waals surface area contributed by atoms with Gasteiger partial charge in [-0.05, 0) is 76.9 Å². The van der Waals surface area contributed by atoms with Gasteiger partial charge in [0.25, 0.3) is 0 Å². The van der Waals surface area contributed by atoms with Crippen molar-refractivity contribution in [3.8, 4) is 39.9 Å². The third kappa shape index (κ3) is 4.47. The molecule has 2 aliphatic rings. The van der Waals surface area contributed by atoms with E-state index in [-0.39, 0.29) is 5.41 Å². The first-order chi connectivity index (χ1) is 26.0. The molecule has 0 amide bonds. The molecule has 3 heterocycles. The number of furan rings is 1. The highest BCUT2D eigenvalue weighted by molar-refractivity contribution is 6.15. The number of nitrogens with zero attached hydrogens (tertiary/aromatic N) is 4. The number of allylic oxidation sites excluding steroid dienone is 4. The van der Waals surface area contributed by atoms with E-state index in [0.29, 0.717) is 23.4 Å². The van der Waals surface area contributed by atoms with Crippen molar-refractivity contribution >= 4 is 49.3 Å². The second-order valence-corrected chi connectivity index (χ2v) is 14.8. The summed E-state index contributed by atoms with van der Waals surface area (Å²) in [6.45, 7) is 4.83. The Bertz CT molecular complexity index is 2940. The van der Waals surface area contributed by atoms with Crippen LogP contribution in [0.25, 0.3) is 89.2 Å². The summed E-state index contributed by atoms with van der Waals surface area (Å²) in [4.78, 5) is 14.8. The molecule has 0 spiro atoms. The average molecular weight is 683 g/mol. The minimum absolute atomic E-state index is 0.0596. The summed E-state index contributed by atoms with van der Waals surface area (Å²) in [7, 11) is 0. The zero-order valence-corrected chi connectivity index (χ0v) is 29.4. The molecule has 1 atom stereocenters. The summed E-state index contributed by atoms with van der Waals surface area (Å²) in [5, 5.41) is 4.67. The summed E-state index contributed by atoms with van der Waals surface area (Å²) in [6, 6.07) is 46.6. The molecule has 0 radical (unpaired) electrons. The lowest BCUT2D eigenvalue weighted by Crippen LogP contribution is -2.23. The van der Waals surface area contributed by atoms with E-state index in [4.69, 9.17) is 19.4 Å². The Morgan fingerprint density at radius 2 is 1.30 bits per heavy atom. The molecule has 252 valence electrons. The largest absolute Gasteiger partial charge is 0.456 e. The number of aromatic nitrogens is 4. The van der Waals surface area contributed by atoms with E-state index in [2.05, 4.69) is 109 Å². The van der Waals surface area contributed by atoms with Crippen LogP contribution in [0, 0.1) is 5.92 Å². The van der Waals surface area contributed by atoms with Gasteiger partial charge in [0.15, 0.2) is 17.5 Å². The van der Waals surface area contributed by atoms with Gasteiger partial charge in [0, 0.05) is 32.8 Å². The number of hydrogen-bond donors (Lipinski definition) is 0. The molecule has 0 N–H and O–H groups in total. The maximum atomic E-state index is 6.68. The molecule has 0 bridgehead atoms. The van der Waals surface area contributed by atoms with Crippen molar-refractivity contribution in [1.29, 1.82) is 0 Å². The Hall–Kier alpha value is -6.59. The summed E-state index contributed by atoms with van der Waals surface area (Å²) >= 11 is 0. The Morgan fingerprint density at radius 1 is 0.604 bits per heavy atom. The molecule has 5 heteroatoms. The lowest BCUT2D eigenvalue weighted by atomic mass is 9.74. The van der Waals surface area contributed by atoms with Crippen LogP contribution in [0.4, 0.5) is 0 Å². The predicted octanol–water partition coefficient (Wildman–Crippen LogP) is 12.1. The van der Waals surface area contributed by atoms with Gasteiger partial charge < -0.3 is 8.98 Å². The van der Waals surface area contributed by atoms with E-state index in [0.717, 1.165) is 50.7 Å². The van der Waals surface area contributed by atoms with E-state index in [1.165, 1.54) is 38.5 Å². The van der Waals surface area contributed by atoms with Gasteiger partial charge in [-0.1, -0.05) is 123 Å². The first-order valence-corrected chi connectivity index (χ1v) is 18.3. The second kappa shape index (κ2) is 11.2. The molecule has 0 fully saturated rings. The zero-order valence-electron chi connectivity index (χ0n) is 29.4. The van der Waals surface area contributed by atoms with Crippen LogP contribution in [-0.4, -0.2) is 19.5 Å². The molecule has 5 nitrogen and oxygen atoms in total. The van der Waals surface area contributed by atoms with Gasteiger partial charge in [0.2, 0.25) is 0 Å². The number of rotatable bonds is 4. The second-order valence-electron chi connectivity index (χ2n) is 14.8. The van der Waals surface area contributed by atoms with Crippen LogP contribution in [0.5, 0.6) is 0 Å². The number of hydrogen-bond acceptors (Lipinski definition) is 4. The summed E-state index contributed by atoms with van der Waals surface area (Å²) in [6.07, 6.45) is 7.96. The van der Waals surface area contributed by atoms with E-state index in [9.17, 15) is 0 Å². The number of fused-ring (bicyclic) bond motifs is 9. The fourth-order valence-electron chi connectivity index (χ4n) is 8.89. The van der Waals surface area contributed by atoms with Crippen molar-refractivity contribution in [2.75, 3.05) is 0 Å². The van der Waals surface area contributed by atoms with E-state index < -0.39 is 0 Å². The zero-order chi connectivity index (χ0) is 35.3. The van der Waals surface area contributed by atoms with E-state index in [1.54, 1.807) is 0 Å². The third-order valence-electron chi connectivity index (χ3n) is 11.5. The molecule has 2 aliphatic carbocycles. The van der Waals surface area contributed by atoms with Gasteiger partial charge in [-0.3, -0.25) is 0 Å². The average Bonchev–Trinajstić information content (AvgIpc) is 3.82. The van der Waals surface area contributed by atoms with Crippen LogP contribution >= 0.6 is 0 Å². The summed E-state index contributed by atoms with van der Waals surface area (Å²) < 4.78 is 9.12. The lowest BCUT2D eigenvalue weighted by Gasteiger charge is -2.29. The quantitative estimate of drug-likeness (QED) is 0.185. The Kier molecular flexibility index (Phi) is 6.36. The van der Waals surface area contributed by atoms with Crippen molar-refractivity contribution in [3.05, 3.63) is 163 Å². The Labute approximate surface area is 306 Å². The lowest BCUT2D eigenvalue weighted by molar-refractivity contribution is 0.415. The topological polar surface area (TPSA) is 56.7 Å². The van der Waals surface area contributed by atoms with Gasteiger partial charge in [0.1, 0.15) is 11.2 Å². The van der Waals surface area contributed by atoms with Crippen LogP contribution in [0.1, 0.15) is 31.4 Å². The molecule has 0 saturated heterocycles. The molecule has 3 aromatic heterocycles. The molecule has 6 aromatic carbocycles. The van der Waals surface area contributed by atoms with Crippen LogP contribution in [0.3, 0.4) is 0 Å². The first-order valence-electron chi connectivity index (χ1n) is 18.3. The summed E-state index contributed by atoms with van der Waals surface area (Å²) in [5.41, 5.74) is 12.2. The predicted molar refractivity (Wildman–Crippen MR) is 216 cm³/mol. The molecular weight excluding hydrogens is 649 g/mol. The van der Waals surface area contributed by atoms with Gasteiger partial charge >= 0.3 is 0 Å². The Balaban J connectivity index is 1.12. The molecular formula is C48H34N4O. The molecule has 9 aromatic rings. The fraction of sp³-hybridized carbons (Fsp3) is 0.104. The maximum absolute atomic E-state index is 6.68. The minimum atomic E-state index is 0.0596. The van der Waals surface area contributed by atoms with Crippen molar-refractivity contribution in [2.45, 2.75) is 25.7 Å². The first kappa shape index (κ1) is 30.1. The highest BCUT2D eigenvalue weighted by Crippen LogP contribution is 2.54. The van der Waals surface area contributed by atoms with Crippen molar-refractivity contribution in [3.63, 3.8) is 0 Å². The van der Waals surface area contributed by atoms with Crippen LogP contribution in [-0.2, 0) is 5.41 Å².